The van der Waals surface area contributed by atoms with Crippen LogP contribution in [-0.2, 0) is 4.57 Å². The number of nitriles is 1. The summed E-state index contributed by atoms with van der Waals surface area (Å²) in [7, 11) is -4.05. The highest BCUT2D eigenvalue weighted by atomic mass is 31.2. The first kappa shape index (κ1) is 13.7. The molecule has 4 nitrogen and oxygen atoms in total. The number of hydrogen-bond acceptors (Lipinski definition) is 2. The Balaban J connectivity index is 3.01. The monoisotopic (exact) mass is 245 g/mol. The van der Waals surface area contributed by atoms with Crippen LogP contribution in [0.4, 0.5) is 0 Å². The Hall–Kier alpha value is -0.360. The van der Waals surface area contributed by atoms with E-state index in [1.807, 2.05) is 13.8 Å². The zero-order valence-electron chi connectivity index (χ0n) is 10.1. The fraction of sp³-hybridized carbons (Fsp3) is 0.909. The lowest BCUT2D eigenvalue weighted by molar-refractivity contribution is 0.267. The highest BCUT2D eigenvalue weighted by Crippen LogP contribution is 2.74. The van der Waals surface area contributed by atoms with Gasteiger partial charge in [0.1, 0.15) is 0 Å². The molecule has 0 heterocycles. The van der Waals surface area contributed by atoms with E-state index in [4.69, 9.17) is 15.0 Å². The van der Waals surface area contributed by atoms with Crippen LogP contribution < -0.4 is 0 Å². The average molecular weight is 245 g/mol. The summed E-state index contributed by atoms with van der Waals surface area (Å²) in [5, 5.41) is 9.03. The Morgan fingerprint density at radius 2 is 1.94 bits per heavy atom. The third-order valence-corrected chi connectivity index (χ3v) is 5.43. The van der Waals surface area contributed by atoms with Crippen LogP contribution in [-0.4, -0.2) is 15.9 Å². The fourth-order valence-corrected chi connectivity index (χ4v) is 4.68. The number of nitrogens with zero attached hydrogens (tertiary/aromatic N) is 1. The first-order valence-electron chi connectivity index (χ1n) is 5.71. The van der Waals surface area contributed by atoms with E-state index in [1.54, 1.807) is 6.92 Å². The highest BCUT2D eigenvalue weighted by Gasteiger charge is 2.68. The molecule has 0 aromatic carbocycles. The maximum absolute atomic E-state index is 11.2. The molecule has 0 radical (unpaired) electrons. The van der Waals surface area contributed by atoms with Gasteiger partial charge in [0.15, 0.2) is 0 Å². The molecule has 0 bridgehead atoms. The molecule has 2 atom stereocenters. The lowest BCUT2D eigenvalue weighted by atomic mass is 9.81. The average Bonchev–Trinajstić information content (AvgIpc) is 2.84. The van der Waals surface area contributed by atoms with Gasteiger partial charge in [-0.2, -0.15) is 5.26 Å². The molecule has 5 heteroatoms. The second-order valence-electron chi connectivity index (χ2n) is 4.99. The Bertz CT molecular complexity index is 353. The second kappa shape index (κ2) is 4.14. The molecule has 2 unspecified atom stereocenters. The molecule has 1 aliphatic carbocycles. The minimum Gasteiger partial charge on any atom is -0.324 e. The van der Waals surface area contributed by atoms with Crippen molar-refractivity contribution in [1.82, 2.24) is 0 Å². The molecule has 0 amide bonds. The maximum atomic E-state index is 11.2. The van der Waals surface area contributed by atoms with E-state index in [-0.39, 0.29) is 17.5 Å². The van der Waals surface area contributed by atoms with Gasteiger partial charge in [0, 0.05) is 5.41 Å². The fourth-order valence-electron chi connectivity index (χ4n) is 3.23. The van der Waals surface area contributed by atoms with Gasteiger partial charge in [0.2, 0.25) is 0 Å². The molecule has 1 fully saturated rings. The normalized spacial score (nSPS) is 29.5. The van der Waals surface area contributed by atoms with Crippen molar-refractivity contribution in [1.29, 1.82) is 5.26 Å². The Morgan fingerprint density at radius 3 is 2.19 bits per heavy atom. The van der Waals surface area contributed by atoms with Crippen LogP contribution in [0.5, 0.6) is 0 Å². The van der Waals surface area contributed by atoms with Gasteiger partial charge in [-0.25, -0.2) is 0 Å². The van der Waals surface area contributed by atoms with Gasteiger partial charge in [-0.05, 0) is 31.6 Å². The molecule has 0 aliphatic heterocycles. The van der Waals surface area contributed by atoms with E-state index < -0.39 is 13.0 Å². The predicted molar refractivity (Wildman–Crippen MR) is 61.8 cm³/mol. The number of hydrogen-bond donors (Lipinski definition) is 2. The molecule has 1 rings (SSSR count). The molecule has 0 saturated heterocycles. The van der Waals surface area contributed by atoms with E-state index >= 15 is 0 Å². The van der Waals surface area contributed by atoms with Gasteiger partial charge in [-0.15, -0.1) is 0 Å². The van der Waals surface area contributed by atoms with Crippen molar-refractivity contribution < 1.29 is 14.4 Å². The van der Waals surface area contributed by atoms with Crippen LogP contribution in [0.1, 0.15) is 40.0 Å². The maximum Gasteiger partial charge on any atom is 0.326 e. The summed E-state index contributed by atoms with van der Waals surface area (Å²) in [5.41, 5.74) is -0.506. The molecular weight excluding hydrogens is 225 g/mol. The molecule has 0 spiro atoms. The van der Waals surface area contributed by atoms with Gasteiger partial charge in [0.25, 0.3) is 0 Å². The van der Waals surface area contributed by atoms with E-state index in [2.05, 4.69) is 6.07 Å². The van der Waals surface area contributed by atoms with E-state index in [0.29, 0.717) is 0 Å². The minimum atomic E-state index is -4.05. The largest absolute Gasteiger partial charge is 0.326 e. The first-order chi connectivity index (χ1) is 7.27. The van der Waals surface area contributed by atoms with E-state index in [9.17, 15) is 4.57 Å². The third kappa shape index (κ3) is 2.05. The van der Waals surface area contributed by atoms with Crippen LogP contribution in [0, 0.1) is 28.1 Å². The summed E-state index contributed by atoms with van der Waals surface area (Å²) in [6.07, 6.45) is 2.40. The Labute approximate surface area is 96.8 Å². The summed E-state index contributed by atoms with van der Waals surface area (Å²) in [6.45, 7) is 5.85. The van der Waals surface area contributed by atoms with Crippen molar-refractivity contribution in [3.05, 3.63) is 0 Å². The summed E-state index contributed by atoms with van der Waals surface area (Å²) < 4.78 is 11.2. The highest BCUT2D eigenvalue weighted by molar-refractivity contribution is 7.51. The molecule has 0 aromatic heterocycles. The Kier molecular flexibility index (Phi) is 3.55. The van der Waals surface area contributed by atoms with Crippen molar-refractivity contribution in [3.8, 4) is 6.07 Å². The minimum absolute atomic E-state index is 0.0384. The van der Waals surface area contributed by atoms with Crippen molar-refractivity contribution in [3.63, 3.8) is 0 Å². The lowest BCUT2D eigenvalue weighted by Gasteiger charge is -2.26. The quantitative estimate of drug-likeness (QED) is 0.729. The number of rotatable bonds is 5. The first-order valence-corrected chi connectivity index (χ1v) is 7.51. The second-order valence-corrected chi connectivity index (χ2v) is 6.64. The zero-order chi connectivity index (χ0) is 12.6. The summed E-state index contributed by atoms with van der Waals surface area (Å²) in [6, 6.07) is 2.17. The molecule has 1 saturated carbocycles. The standard InChI is InChI=1S/C11H20NO3P/c1-4-10(5-2)7-11(10,9(3)6-12)8-16(13,14)15/h9H,4-5,7-8H2,1-3H3,(H2,13,14,15). The van der Waals surface area contributed by atoms with Gasteiger partial charge in [-0.3, -0.25) is 4.57 Å². The van der Waals surface area contributed by atoms with Crippen LogP contribution in [0.2, 0.25) is 0 Å². The molecule has 0 aromatic rings. The van der Waals surface area contributed by atoms with E-state index in [1.165, 1.54) is 0 Å². The van der Waals surface area contributed by atoms with Crippen LogP contribution in [0.25, 0.3) is 0 Å². The van der Waals surface area contributed by atoms with Crippen molar-refractivity contribution >= 4 is 7.60 Å². The van der Waals surface area contributed by atoms with Crippen molar-refractivity contribution in [2.45, 2.75) is 40.0 Å². The summed E-state index contributed by atoms with van der Waals surface area (Å²) in [5.74, 6) is -0.292. The van der Waals surface area contributed by atoms with Crippen LogP contribution >= 0.6 is 7.60 Å². The lowest BCUT2D eigenvalue weighted by Crippen LogP contribution is -2.24. The van der Waals surface area contributed by atoms with E-state index in [0.717, 1.165) is 19.3 Å². The van der Waals surface area contributed by atoms with Crippen LogP contribution in [0.15, 0.2) is 0 Å². The van der Waals surface area contributed by atoms with Crippen LogP contribution in [0.3, 0.4) is 0 Å². The molecule has 92 valence electrons. The topological polar surface area (TPSA) is 81.3 Å². The predicted octanol–water partition coefficient (Wildman–Crippen LogP) is 2.52. The SMILES string of the molecule is CCC1(CC)CC1(CP(=O)(O)O)C(C)C#N. The van der Waals surface area contributed by atoms with Gasteiger partial charge >= 0.3 is 7.60 Å². The smallest absolute Gasteiger partial charge is 0.324 e. The van der Waals surface area contributed by atoms with Gasteiger partial charge in [-0.1, -0.05) is 13.8 Å². The van der Waals surface area contributed by atoms with Gasteiger partial charge in [0.05, 0.1) is 18.1 Å². The molecular formula is C11H20NO3P. The molecule has 1 aliphatic rings. The zero-order valence-corrected chi connectivity index (χ0v) is 11.0. The third-order valence-electron chi connectivity index (χ3n) is 4.45. The molecule has 2 N–H and O–H groups in total. The van der Waals surface area contributed by atoms with Gasteiger partial charge < -0.3 is 9.79 Å². The molecule has 16 heavy (non-hydrogen) atoms. The summed E-state index contributed by atoms with van der Waals surface area (Å²) >= 11 is 0. The van der Waals surface area contributed by atoms with Crippen molar-refractivity contribution in [2.75, 3.05) is 6.16 Å². The summed E-state index contributed by atoms with van der Waals surface area (Å²) in [4.78, 5) is 18.3. The van der Waals surface area contributed by atoms with Crippen molar-refractivity contribution in [2.24, 2.45) is 16.7 Å². The Morgan fingerprint density at radius 1 is 1.44 bits per heavy atom.